The molecule has 26 heavy (non-hydrogen) atoms. The number of rotatable bonds is 2. The predicted octanol–water partition coefficient (Wildman–Crippen LogP) is 5.23. The highest BCUT2D eigenvalue weighted by Crippen LogP contribution is 2.39. The molecular weight excluding hydrogens is 349 g/mol. The van der Waals surface area contributed by atoms with Crippen LogP contribution in [-0.4, -0.2) is 5.11 Å². The zero-order valence-corrected chi connectivity index (χ0v) is 14.2. The Balaban J connectivity index is 2.30. The SMILES string of the molecule is Cc1cc(C)c(C)c(Oc2c(C(F)(F)F)oc3cc(O)ccc3c2=O)c1. The third-order valence-corrected chi connectivity index (χ3v) is 4.07. The molecule has 1 aromatic heterocycles. The van der Waals surface area contributed by atoms with E-state index in [2.05, 4.69) is 0 Å². The van der Waals surface area contributed by atoms with E-state index >= 15 is 0 Å². The van der Waals surface area contributed by atoms with Gasteiger partial charge < -0.3 is 14.3 Å². The molecule has 0 atom stereocenters. The van der Waals surface area contributed by atoms with Crippen LogP contribution >= 0.6 is 0 Å². The summed E-state index contributed by atoms with van der Waals surface area (Å²) in [6, 6.07) is 6.76. The molecule has 0 saturated heterocycles. The van der Waals surface area contributed by atoms with Gasteiger partial charge in [-0.15, -0.1) is 0 Å². The van der Waals surface area contributed by atoms with E-state index in [0.717, 1.165) is 17.2 Å². The first-order valence-electron chi connectivity index (χ1n) is 7.70. The largest absolute Gasteiger partial charge is 0.508 e. The fraction of sp³-hybridized carbons (Fsp3) is 0.211. The van der Waals surface area contributed by atoms with Gasteiger partial charge in [0.05, 0.1) is 5.39 Å². The Hall–Kier alpha value is -2.96. The van der Waals surface area contributed by atoms with E-state index in [1.54, 1.807) is 26.8 Å². The fourth-order valence-corrected chi connectivity index (χ4v) is 2.66. The molecule has 3 rings (SSSR count). The van der Waals surface area contributed by atoms with E-state index in [0.29, 0.717) is 5.56 Å². The van der Waals surface area contributed by atoms with Crippen molar-refractivity contribution in [3.8, 4) is 17.2 Å². The first-order chi connectivity index (χ1) is 12.1. The number of aromatic hydroxyl groups is 1. The Morgan fingerprint density at radius 2 is 1.77 bits per heavy atom. The number of halogens is 3. The molecule has 0 spiro atoms. The summed E-state index contributed by atoms with van der Waals surface area (Å²) < 4.78 is 50.6. The maximum Gasteiger partial charge on any atom is 0.453 e. The Bertz CT molecular complexity index is 1070. The summed E-state index contributed by atoms with van der Waals surface area (Å²) in [5, 5.41) is 9.32. The Kier molecular flexibility index (Phi) is 4.18. The lowest BCUT2D eigenvalue weighted by Gasteiger charge is -2.15. The highest BCUT2D eigenvalue weighted by atomic mass is 19.4. The summed E-state index contributed by atoms with van der Waals surface area (Å²) >= 11 is 0. The zero-order valence-electron chi connectivity index (χ0n) is 14.2. The maximum atomic E-state index is 13.4. The first kappa shape index (κ1) is 17.8. The van der Waals surface area contributed by atoms with Gasteiger partial charge in [0.2, 0.25) is 11.2 Å². The average Bonchev–Trinajstić information content (AvgIpc) is 2.53. The van der Waals surface area contributed by atoms with Crippen molar-refractivity contribution in [3.63, 3.8) is 0 Å². The summed E-state index contributed by atoms with van der Waals surface area (Å²) in [6.07, 6.45) is -4.94. The number of phenolic OH excluding ortho intramolecular Hbond substituents is 1. The quantitative estimate of drug-likeness (QED) is 0.676. The summed E-state index contributed by atoms with van der Waals surface area (Å²) in [4.78, 5) is 12.6. The van der Waals surface area contributed by atoms with Crippen molar-refractivity contribution in [1.29, 1.82) is 0 Å². The third-order valence-electron chi connectivity index (χ3n) is 4.07. The molecule has 3 aromatic rings. The number of hydrogen-bond donors (Lipinski definition) is 1. The van der Waals surface area contributed by atoms with Gasteiger partial charge >= 0.3 is 6.18 Å². The van der Waals surface area contributed by atoms with Crippen LogP contribution in [0.3, 0.4) is 0 Å². The van der Waals surface area contributed by atoms with Crippen molar-refractivity contribution < 1.29 is 27.4 Å². The zero-order chi connectivity index (χ0) is 19.2. The second-order valence-electron chi connectivity index (χ2n) is 6.07. The summed E-state index contributed by atoms with van der Waals surface area (Å²) in [6.45, 7) is 5.26. The molecular formula is C19H15F3O4. The van der Waals surface area contributed by atoms with Crippen LogP contribution in [0.1, 0.15) is 22.5 Å². The monoisotopic (exact) mass is 364 g/mol. The molecule has 0 aliphatic rings. The minimum atomic E-state index is -4.94. The molecule has 0 amide bonds. The number of aryl methyl sites for hydroxylation is 2. The molecule has 0 bridgehead atoms. The van der Waals surface area contributed by atoms with E-state index < -0.39 is 23.1 Å². The first-order valence-corrected chi connectivity index (χ1v) is 7.70. The lowest BCUT2D eigenvalue weighted by Crippen LogP contribution is -2.15. The van der Waals surface area contributed by atoms with Crippen molar-refractivity contribution in [3.05, 3.63) is 63.0 Å². The molecule has 0 aliphatic carbocycles. The lowest BCUT2D eigenvalue weighted by molar-refractivity contribution is -0.154. The van der Waals surface area contributed by atoms with Gasteiger partial charge in [-0.05, 0) is 55.7 Å². The maximum absolute atomic E-state index is 13.4. The Morgan fingerprint density at radius 1 is 1.08 bits per heavy atom. The van der Waals surface area contributed by atoms with Gasteiger partial charge in [0.15, 0.2) is 0 Å². The van der Waals surface area contributed by atoms with Crippen molar-refractivity contribution in [2.24, 2.45) is 0 Å². The van der Waals surface area contributed by atoms with Crippen LogP contribution in [0.15, 0.2) is 39.5 Å². The molecule has 0 fully saturated rings. The van der Waals surface area contributed by atoms with Crippen LogP contribution in [-0.2, 0) is 6.18 Å². The second kappa shape index (κ2) is 6.09. The third kappa shape index (κ3) is 3.12. The van der Waals surface area contributed by atoms with Crippen LogP contribution in [0.25, 0.3) is 11.0 Å². The number of alkyl halides is 3. The van der Waals surface area contributed by atoms with E-state index in [4.69, 9.17) is 9.15 Å². The minimum absolute atomic E-state index is 0.118. The van der Waals surface area contributed by atoms with Gasteiger partial charge in [-0.2, -0.15) is 13.2 Å². The number of fused-ring (bicyclic) bond motifs is 1. The summed E-state index contributed by atoms with van der Waals surface area (Å²) in [5.41, 5.74) is 0.897. The van der Waals surface area contributed by atoms with Crippen molar-refractivity contribution in [2.45, 2.75) is 26.9 Å². The van der Waals surface area contributed by atoms with E-state index in [9.17, 15) is 23.1 Å². The molecule has 0 aliphatic heterocycles. The molecule has 4 nitrogen and oxygen atoms in total. The van der Waals surface area contributed by atoms with E-state index in [1.807, 2.05) is 6.07 Å². The molecule has 0 unspecified atom stereocenters. The van der Waals surface area contributed by atoms with Gasteiger partial charge in [-0.25, -0.2) is 0 Å². The fourth-order valence-electron chi connectivity index (χ4n) is 2.66. The minimum Gasteiger partial charge on any atom is -0.508 e. The molecule has 0 radical (unpaired) electrons. The summed E-state index contributed by atoms with van der Waals surface area (Å²) in [5.74, 6) is -2.63. The van der Waals surface area contributed by atoms with Crippen LogP contribution < -0.4 is 10.2 Å². The highest BCUT2D eigenvalue weighted by molar-refractivity contribution is 5.79. The smallest absolute Gasteiger partial charge is 0.453 e. The van der Waals surface area contributed by atoms with Crippen LogP contribution in [0.2, 0.25) is 0 Å². The molecule has 7 heteroatoms. The Morgan fingerprint density at radius 3 is 2.42 bits per heavy atom. The molecule has 136 valence electrons. The van der Waals surface area contributed by atoms with Gasteiger partial charge in [0.1, 0.15) is 17.1 Å². The molecule has 0 saturated carbocycles. The van der Waals surface area contributed by atoms with Crippen LogP contribution in [0, 0.1) is 20.8 Å². The lowest BCUT2D eigenvalue weighted by atomic mass is 10.1. The average molecular weight is 364 g/mol. The standard InChI is InChI=1S/C19H15F3O4/c1-9-6-10(2)11(3)14(7-9)25-17-16(24)13-5-4-12(23)8-15(13)26-18(17)19(20,21)22/h4-8,23H,1-3H3. The van der Waals surface area contributed by atoms with Gasteiger partial charge in [0, 0.05) is 6.07 Å². The Labute approximate surface area is 146 Å². The van der Waals surface area contributed by atoms with Crippen LogP contribution in [0.5, 0.6) is 17.2 Å². The molecule has 1 heterocycles. The number of phenols is 1. The predicted molar refractivity (Wildman–Crippen MR) is 89.9 cm³/mol. The highest BCUT2D eigenvalue weighted by Gasteiger charge is 2.40. The number of benzene rings is 2. The van der Waals surface area contributed by atoms with Crippen molar-refractivity contribution in [1.82, 2.24) is 0 Å². The van der Waals surface area contributed by atoms with Crippen LogP contribution in [0.4, 0.5) is 13.2 Å². The number of hydrogen-bond acceptors (Lipinski definition) is 4. The summed E-state index contributed by atoms with van der Waals surface area (Å²) in [7, 11) is 0. The van der Waals surface area contributed by atoms with Gasteiger partial charge in [0.25, 0.3) is 5.76 Å². The van der Waals surface area contributed by atoms with E-state index in [-0.39, 0.29) is 22.5 Å². The number of ether oxygens (including phenoxy) is 1. The topological polar surface area (TPSA) is 59.7 Å². The normalized spacial score (nSPS) is 11.8. The van der Waals surface area contributed by atoms with Crippen molar-refractivity contribution >= 4 is 11.0 Å². The van der Waals surface area contributed by atoms with Crippen molar-refractivity contribution in [2.75, 3.05) is 0 Å². The van der Waals surface area contributed by atoms with E-state index in [1.165, 1.54) is 12.1 Å². The van der Waals surface area contributed by atoms with Gasteiger partial charge in [-0.1, -0.05) is 6.07 Å². The second-order valence-corrected chi connectivity index (χ2v) is 6.07. The molecule has 1 N–H and O–H groups in total. The molecule has 2 aromatic carbocycles. The van der Waals surface area contributed by atoms with Gasteiger partial charge in [-0.3, -0.25) is 4.79 Å².